The van der Waals surface area contributed by atoms with Crippen molar-refractivity contribution in [1.82, 2.24) is 0 Å². The molecule has 0 unspecified atom stereocenters. The van der Waals surface area contributed by atoms with E-state index in [1.165, 1.54) is 0 Å². The fraction of sp³-hybridized carbons (Fsp3) is 0.111. The molecular formula is C9H6BrClO3. The summed E-state index contributed by atoms with van der Waals surface area (Å²) in [6.45, 7) is -0.329. The lowest BCUT2D eigenvalue weighted by atomic mass is 10.1. The molecule has 0 aromatic heterocycles. The van der Waals surface area contributed by atoms with Gasteiger partial charge in [0.25, 0.3) is 0 Å². The Morgan fingerprint density at radius 3 is 2.36 bits per heavy atom. The number of Topliss-reactive ketones (excluding diaryl/α,β-unsaturated/α-hetero) is 1. The van der Waals surface area contributed by atoms with Crippen LogP contribution in [0.4, 0.5) is 4.79 Å². The fourth-order valence-electron chi connectivity index (χ4n) is 0.841. The smallest absolute Gasteiger partial charge is 0.404 e. The Labute approximate surface area is 94.1 Å². The number of ether oxygens (including phenoxy) is 1. The third-order valence-corrected chi connectivity index (χ3v) is 2.12. The zero-order valence-corrected chi connectivity index (χ0v) is 9.34. The number of rotatable bonds is 3. The molecule has 0 amide bonds. The lowest BCUT2D eigenvalue weighted by Crippen LogP contribution is -2.09. The van der Waals surface area contributed by atoms with E-state index in [9.17, 15) is 9.59 Å². The molecule has 0 bridgehead atoms. The highest BCUT2D eigenvalue weighted by atomic mass is 79.9. The van der Waals surface area contributed by atoms with E-state index in [1.54, 1.807) is 24.3 Å². The molecule has 0 aliphatic rings. The molecule has 0 saturated carbocycles. The van der Waals surface area contributed by atoms with Gasteiger partial charge in [0.15, 0.2) is 12.4 Å². The molecule has 1 aromatic rings. The first-order chi connectivity index (χ1) is 6.59. The highest BCUT2D eigenvalue weighted by Crippen LogP contribution is 2.11. The Bertz CT molecular complexity index is 348. The zero-order chi connectivity index (χ0) is 10.6. The van der Waals surface area contributed by atoms with Crippen LogP contribution in [0.3, 0.4) is 0 Å². The van der Waals surface area contributed by atoms with Gasteiger partial charge in [-0.25, -0.2) is 4.79 Å². The van der Waals surface area contributed by atoms with Crippen LogP contribution in [0.25, 0.3) is 0 Å². The molecule has 1 rings (SSSR count). The van der Waals surface area contributed by atoms with Gasteiger partial charge in [-0.15, -0.1) is 0 Å². The first-order valence-corrected chi connectivity index (χ1v) is 4.87. The Morgan fingerprint density at radius 1 is 1.29 bits per heavy atom. The topological polar surface area (TPSA) is 43.4 Å². The Kier molecular flexibility index (Phi) is 4.10. The molecule has 0 aliphatic carbocycles. The minimum Gasteiger partial charge on any atom is -0.445 e. The molecule has 0 atom stereocenters. The lowest BCUT2D eigenvalue weighted by Gasteiger charge is -2.00. The van der Waals surface area contributed by atoms with Gasteiger partial charge in [0.1, 0.15) is 0 Å². The van der Waals surface area contributed by atoms with E-state index in [0.29, 0.717) is 5.56 Å². The molecule has 0 radical (unpaired) electrons. The molecule has 5 heteroatoms. The molecule has 0 saturated heterocycles. The first kappa shape index (κ1) is 11.2. The number of hydrogen-bond donors (Lipinski definition) is 0. The largest absolute Gasteiger partial charge is 0.445 e. The van der Waals surface area contributed by atoms with Crippen LogP contribution in [-0.2, 0) is 4.74 Å². The molecule has 0 N–H and O–H groups in total. The van der Waals surface area contributed by atoms with Gasteiger partial charge in [0, 0.05) is 21.6 Å². The quantitative estimate of drug-likeness (QED) is 0.630. The van der Waals surface area contributed by atoms with Gasteiger partial charge in [0.2, 0.25) is 0 Å². The van der Waals surface area contributed by atoms with Crippen LogP contribution < -0.4 is 0 Å². The van der Waals surface area contributed by atoms with Gasteiger partial charge in [-0.1, -0.05) is 28.1 Å². The molecule has 0 aliphatic heterocycles. The molecule has 0 heterocycles. The number of benzene rings is 1. The van der Waals surface area contributed by atoms with E-state index in [-0.39, 0.29) is 12.4 Å². The second-order valence-electron chi connectivity index (χ2n) is 2.46. The van der Waals surface area contributed by atoms with Crippen molar-refractivity contribution in [2.75, 3.05) is 6.61 Å². The Balaban J connectivity index is 2.61. The van der Waals surface area contributed by atoms with E-state index in [2.05, 4.69) is 20.7 Å². The number of carbonyl (C=O) groups excluding carboxylic acids is 2. The lowest BCUT2D eigenvalue weighted by molar-refractivity contribution is 0.0876. The van der Waals surface area contributed by atoms with Crippen molar-refractivity contribution in [3.05, 3.63) is 34.3 Å². The van der Waals surface area contributed by atoms with Gasteiger partial charge < -0.3 is 4.74 Å². The van der Waals surface area contributed by atoms with Crippen LogP contribution in [-0.4, -0.2) is 17.8 Å². The van der Waals surface area contributed by atoms with Crippen molar-refractivity contribution in [1.29, 1.82) is 0 Å². The van der Waals surface area contributed by atoms with E-state index < -0.39 is 5.43 Å². The van der Waals surface area contributed by atoms with Gasteiger partial charge in [-0.2, -0.15) is 0 Å². The van der Waals surface area contributed by atoms with Gasteiger partial charge in [-0.3, -0.25) is 4.79 Å². The maximum atomic E-state index is 11.3. The minimum absolute atomic E-state index is 0.286. The Hall–Kier alpha value is -0.870. The van der Waals surface area contributed by atoms with Gasteiger partial charge in [-0.05, 0) is 12.1 Å². The van der Waals surface area contributed by atoms with Crippen LogP contribution in [0.2, 0.25) is 0 Å². The van der Waals surface area contributed by atoms with E-state index in [1.807, 2.05) is 0 Å². The Morgan fingerprint density at radius 2 is 1.86 bits per heavy atom. The highest BCUT2D eigenvalue weighted by Gasteiger charge is 2.07. The third-order valence-electron chi connectivity index (χ3n) is 1.48. The van der Waals surface area contributed by atoms with Crippen molar-refractivity contribution in [2.24, 2.45) is 0 Å². The molecule has 3 nitrogen and oxygen atoms in total. The van der Waals surface area contributed by atoms with Gasteiger partial charge >= 0.3 is 5.43 Å². The summed E-state index contributed by atoms with van der Waals surface area (Å²) in [5.74, 6) is -0.286. The standard InChI is InChI=1S/C9H6BrClO3/c10-7-3-1-6(2-4-7)8(12)5-14-9(11)13/h1-4H,5H2. The van der Waals surface area contributed by atoms with Crippen LogP contribution in [0.5, 0.6) is 0 Å². The summed E-state index contributed by atoms with van der Waals surface area (Å²) in [5, 5.41) is 0. The fourth-order valence-corrected chi connectivity index (χ4v) is 1.16. The van der Waals surface area contributed by atoms with Crippen LogP contribution in [0.1, 0.15) is 10.4 Å². The van der Waals surface area contributed by atoms with E-state index in [0.717, 1.165) is 4.47 Å². The summed E-state index contributed by atoms with van der Waals surface area (Å²) in [4.78, 5) is 21.5. The third kappa shape index (κ3) is 3.47. The summed E-state index contributed by atoms with van der Waals surface area (Å²) >= 11 is 8.15. The maximum absolute atomic E-state index is 11.3. The van der Waals surface area contributed by atoms with Crippen molar-refractivity contribution < 1.29 is 14.3 Å². The summed E-state index contributed by atoms with van der Waals surface area (Å²) in [6, 6.07) is 6.73. The average molecular weight is 278 g/mol. The summed E-state index contributed by atoms with van der Waals surface area (Å²) in [5.41, 5.74) is -0.499. The second-order valence-corrected chi connectivity index (χ2v) is 3.68. The zero-order valence-electron chi connectivity index (χ0n) is 7.00. The monoisotopic (exact) mass is 276 g/mol. The normalized spacial score (nSPS) is 9.57. The predicted molar refractivity (Wildman–Crippen MR) is 55.7 cm³/mol. The number of halogens is 2. The number of ketones is 1. The second kappa shape index (κ2) is 5.12. The van der Waals surface area contributed by atoms with Crippen LogP contribution >= 0.6 is 27.5 Å². The molecule has 0 spiro atoms. The van der Waals surface area contributed by atoms with Crippen LogP contribution in [0.15, 0.2) is 28.7 Å². The van der Waals surface area contributed by atoms with E-state index in [4.69, 9.17) is 11.6 Å². The molecule has 74 valence electrons. The molecule has 14 heavy (non-hydrogen) atoms. The van der Waals surface area contributed by atoms with Gasteiger partial charge in [0.05, 0.1) is 0 Å². The first-order valence-electron chi connectivity index (χ1n) is 3.70. The average Bonchev–Trinajstić information content (AvgIpc) is 2.15. The summed E-state index contributed by atoms with van der Waals surface area (Å²) in [6.07, 6.45) is 0. The summed E-state index contributed by atoms with van der Waals surface area (Å²) < 4.78 is 5.23. The molecule has 0 fully saturated rings. The highest BCUT2D eigenvalue weighted by molar-refractivity contribution is 9.10. The SMILES string of the molecule is O=C(Cl)OCC(=O)c1ccc(Br)cc1. The van der Waals surface area contributed by atoms with Crippen LogP contribution in [0, 0.1) is 0 Å². The summed E-state index contributed by atoms with van der Waals surface area (Å²) in [7, 11) is 0. The van der Waals surface area contributed by atoms with Crippen molar-refractivity contribution in [3.63, 3.8) is 0 Å². The van der Waals surface area contributed by atoms with Crippen molar-refractivity contribution in [3.8, 4) is 0 Å². The maximum Gasteiger partial charge on any atom is 0.404 e. The number of carbonyl (C=O) groups is 2. The van der Waals surface area contributed by atoms with Crippen molar-refractivity contribution in [2.45, 2.75) is 0 Å². The molecular weight excluding hydrogens is 271 g/mol. The number of hydrogen-bond acceptors (Lipinski definition) is 3. The van der Waals surface area contributed by atoms with Crippen molar-refractivity contribution >= 4 is 38.7 Å². The minimum atomic E-state index is -0.976. The van der Waals surface area contributed by atoms with E-state index >= 15 is 0 Å². The predicted octanol–water partition coefficient (Wildman–Crippen LogP) is 3.01. The molecule has 1 aromatic carbocycles.